The lowest BCUT2D eigenvalue weighted by Gasteiger charge is -2.17. The molecule has 1 aromatic carbocycles. The van der Waals surface area contributed by atoms with Gasteiger partial charge in [0.2, 0.25) is 0 Å². The van der Waals surface area contributed by atoms with Crippen molar-refractivity contribution in [3.05, 3.63) is 44.3 Å². The van der Waals surface area contributed by atoms with E-state index in [1.807, 2.05) is 6.92 Å². The molecule has 0 radical (unpaired) electrons. The molecule has 0 amide bonds. The molecule has 1 aromatic heterocycles. The van der Waals surface area contributed by atoms with E-state index in [0.29, 0.717) is 6.54 Å². The first-order valence-electron chi connectivity index (χ1n) is 6.11. The number of aryl methyl sites for hydroxylation is 1. The van der Waals surface area contributed by atoms with E-state index in [1.165, 1.54) is 18.1 Å². The molecular formula is C14H16BrFN2OS. The summed E-state index contributed by atoms with van der Waals surface area (Å²) in [5.74, 6) is -0.161. The van der Waals surface area contributed by atoms with Crippen molar-refractivity contribution in [3.63, 3.8) is 0 Å². The van der Waals surface area contributed by atoms with E-state index < -0.39 is 0 Å². The molecule has 108 valence electrons. The van der Waals surface area contributed by atoms with Crippen molar-refractivity contribution < 1.29 is 9.13 Å². The van der Waals surface area contributed by atoms with Gasteiger partial charge in [-0.1, -0.05) is 0 Å². The molecule has 1 atom stereocenters. The highest BCUT2D eigenvalue weighted by Gasteiger charge is 2.14. The fourth-order valence-corrected chi connectivity index (χ4v) is 3.48. The third kappa shape index (κ3) is 3.31. The van der Waals surface area contributed by atoms with Gasteiger partial charge in [0, 0.05) is 32.5 Å². The Morgan fingerprint density at radius 1 is 1.45 bits per heavy atom. The van der Waals surface area contributed by atoms with Gasteiger partial charge in [-0.05, 0) is 41.1 Å². The number of nitrogens with one attached hydrogen (secondary N) is 1. The highest BCUT2D eigenvalue weighted by Crippen LogP contribution is 2.32. The zero-order valence-corrected chi connectivity index (χ0v) is 13.6. The maximum atomic E-state index is 13.4. The van der Waals surface area contributed by atoms with Crippen LogP contribution in [-0.4, -0.2) is 13.7 Å². The van der Waals surface area contributed by atoms with Crippen LogP contribution in [0.4, 0.5) is 10.1 Å². The zero-order valence-electron chi connectivity index (χ0n) is 11.2. The van der Waals surface area contributed by atoms with Gasteiger partial charge in [0.15, 0.2) is 11.6 Å². The van der Waals surface area contributed by atoms with E-state index in [4.69, 9.17) is 10.5 Å². The van der Waals surface area contributed by atoms with Gasteiger partial charge < -0.3 is 15.8 Å². The Labute approximate surface area is 130 Å². The minimum atomic E-state index is -0.378. The number of benzene rings is 1. The minimum Gasteiger partial charge on any atom is -0.494 e. The first kappa shape index (κ1) is 15.3. The summed E-state index contributed by atoms with van der Waals surface area (Å²) >= 11 is 5.19. The van der Waals surface area contributed by atoms with E-state index in [-0.39, 0.29) is 17.6 Å². The summed E-state index contributed by atoms with van der Waals surface area (Å²) in [6.45, 7) is 2.50. The smallest absolute Gasteiger partial charge is 0.165 e. The van der Waals surface area contributed by atoms with Crippen LogP contribution in [0, 0.1) is 12.7 Å². The number of rotatable bonds is 5. The van der Waals surface area contributed by atoms with Gasteiger partial charge in [-0.2, -0.15) is 0 Å². The molecule has 1 heterocycles. The van der Waals surface area contributed by atoms with Crippen LogP contribution < -0.4 is 15.8 Å². The van der Waals surface area contributed by atoms with E-state index in [1.54, 1.807) is 23.5 Å². The number of thiophene rings is 1. The van der Waals surface area contributed by atoms with Crippen LogP contribution in [0.1, 0.15) is 15.8 Å². The van der Waals surface area contributed by atoms with Crippen molar-refractivity contribution in [1.82, 2.24) is 0 Å². The molecule has 20 heavy (non-hydrogen) atoms. The number of nitrogens with two attached hydrogens (primary N) is 1. The second-order valence-corrected chi connectivity index (χ2v) is 6.48. The van der Waals surface area contributed by atoms with E-state index >= 15 is 0 Å². The largest absolute Gasteiger partial charge is 0.494 e. The van der Waals surface area contributed by atoms with Crippen LogP contribution >= 0.6 is 27.3 Å². The Balaban J connectivity index is 2.22. The molecule has 0 saturated heterocycles. The predicted octanol–water partition coefficient (Wildman–Crippen LogP) is 4.08. The van der Waals surface area contributed by atoms with E-state index in [0.717, 1.165) is 15.0 Å². The van der Waals surface area contributed by atoms with Crippen LogP contribution in [0.5, 0.6) is 5.75 Å². The Morgan fingerprint density at radius 2 is 2.20 bits per heavy atom. The molecule has 3 N–H and O–H groups in total. The molecule has 0 fully saturated rings. The maximum Gasteiger partial charge on any atom is 0.165 e. The lowest BCUT2D eigenvalue weighted by atomic mass is 10.2. The fraction of sp³-hybridized carbons (Fsp3) is 0.286. The molecule has 0 spiro atoms. The van der Waals surface area contributed by atoms with Crippen molar-refractivity contribution in [1.29, 1.82) is 0 Å². The van der Waals surface area contributed by atoms with Gasteiger partial charge in [0.1, 0.15) is 0 Å². The molecule has 3 nitrogen and oxygen atoms in total. The van der Waals surface area contributed by atoms with Crippen molar-refractivity contribution in [2.45, 2.75) is 13.0 Å². The summed E-state index contributed by atoms with van der Waals surface area (Å²) in [7, 11) is 1.45. The van der Waals surface area contributed by atoms with Crippen LogP contribution in [0.25, 0.3) is 0 Å². The molecule has 0 aliphatic heterocycles. The molecular weight excluding hydrogens is 343 g/mol. The Bertz CT molecular complexity index is 583. The molecule has 0 saturated carbocycles. The monoisotopic (exact) mass is 358 g/mol. The topological polar surface area (TPSA) is 47.3 Å². The first-order valence-corrected chi connectivity index (χ1v) is 7.72. The number of halogens is 2. The number of ether oxygens (including phenoxy) is 1. The second kappa shape index (κ2) is 6.56. The van der Waals surface area contributed by atoms with Crippen molar-refractivity contribution >= 4 is 33.0 Å². The summed E-state index contributed by atoms with van der Waals surface area (Å²) in [6.07, 6.45) is 0. The van der Waals surface area contributed by atoms with Crippen LogP contribution in [0.2, 0.25) is 0 Å². The summed E-state index contributed by atoms with van der Waals surface area (Å²) in [6, 6.07) is 6.74. The third-order valence-corrected chi connectivity index (χ3v) is 5.20. The lowest BCUT2D eigenvalue weighted by Crippen LogP contribution is -2.19. The predicted molar refractivity (Wildman–Crippen MR) is 85.1 cm³/mol. The molecule has 6 heteroatoms. The molecule has 0 aliphatic rings. The van der Waals surface area contributed by atoms with Crippen molar-refractivity contribution in [3.8, 4) is 5.75 Å². The Kier molecular flexibility index (Phi) is 5.01. The Hall–Kier alpha value is -1.11. The number of hydrogen-bond acceptors (Lipinski definition) is 4. The molecule has 2 aromatic rings. The van der Waals surface area contributed by atoms with Crippen LogP contribution in [0.15, 0.2) is 28.7 Å². The average molecular weight is 359 g/mol. The molecule has 0 bridgehead atoms. The zero-order chi connectivity index (χ0) is 14.7. The number of methoxy groups -OCH3 is 1. The first-order chi connectivity index (χ1) is 9.55. The van der Waals surface area contributed by atoms with Gasteiger partial charge in [-0.25, -0.2) is 4.39 Å². The summed E-state index contributed by atoms with van der Waals surface area (Å²) < 4.78 is 19.4. The van der Waals surface area contributed by atoms with Crippen LogP contribution in [-0.2, 0) is 0 Å². The van der Waals surface area contributed by atoms with Gasteiger partial charge in [0.25, 0.3) is 0 Å². The fourth-order valence-electron chi connectivity index (χ4n) is 1.85. The normalized spacial score (nSPS) is 12.2. The van der Waals surface area contributed by atoms with Gasteiger partial charge >= 0.3 is 0 Å². The summed E-state index contributed by atoms with van der Waals surface area (Å²) in [4.78, 5) is 2.34. The Morgan fingerprint density at radius 3 is 2.75 bits per heavy atom. The number of hydrogen-bond donors (Lipinski definition) is 2. The maximum absolute atomic E-state index is 13.4. The molecule has 0 aliphatic carbocycles. The highest BCUT2D eigenvalue weighted by molar-refractivity contribution is 9.10. The molecule has 1 unspecified atom stereocenters. The standard InChI is InChI=1S/C14H16BrFN2OS/c1-8-10(15)6-14(20-8)12(7-17)18-9-3-4-11(16)13(5-9)19-2/h3-6,12,18H,7,17H2,1-2H3. The van der Waals surface area contributed by atoms with Gasteiger partial charge in [0.05, 0.1) is 13.2 Å². The summed E-state index contributed by atoms with van der Waals surface area (Å²) in [5.41, 5.74) is 6.61. The van der Waals surface area contributed by atoms with Crippen molar-refractivity contribution in [2.75, 3.05) is 19.0 Å². The van der Waals surface area contributed by atoms with Gasteiger partial charge in [-0.15, -0.1) is 11.3 Å². The average Bonchev–Trinajstić information content (AvgIpc) is 2.77. The highest BCUT2D eigenvalue weighted by atomic mass is 79.9. The van der Waals surface area contributed by atoms with Crippen molar-refractivity contribution in [2.24, 2.45) is 5.73 Å². The number of anilines is 1. The quantitative estimate of drug-likeness (QED) is 0.846. The second-order valence-electron chi connectivity index (χ2n) is 4.33. The SMILES string of the molecule is COc1cc(NC(CN)c2cc(Br)c(C)s2)ccc1F. The van der Waals surface area contributed by atoms with E-state index in [2.05, 4.69) is 27.3 Å². The van der Waals surface area contributed by atoms with E-state index in [9.17, 15) is 4.39 Å². The van der Waals surface area contributed by atoms with Crippen LogP contribution in [0.3, 0.4) is 0 Å². The summed E-state index contributed by atoms with van der Waals surface area (Å²) in [5, 5.41) is 3.31. The minimum absolute atomic E-state index is 0.0137. The molecule has 2 rings (SSSR count). The van der Waals surface area contributed by atoms with Gasteiger partial charge in [-0.3, -0.25) is 0 Å². The third-order valence-electron chi connectivity index (χ3n) is 2.95. The lowest BCUT2D eigenvalue weighted by molar-refractivity contribution is 0.387.